The number of quaternary nitrogens is 1. The average molecular weight is 311 g/mol. The molecule has 0 saturated carbocycles. The summed E-state index contributed by atoms with van der Waals surface area (Å²) in [6.07, 6.45) is 23.5. The van der Waals surface area contributed by atoms with Gasteiger partial charge in [0, 0.05) is 0 Å². The Morgan fingerprint density at radius 3 is 1.41 bits per heavy atom. The van der Waals surface area contributed by atoms with Gasteiger partial charge in [0.2, 0.25) is 0 Å². The molecule has 132 valence electrons. The van der Waals surface area contributed by atoms with E-state index in [1.807, 2.05) is 0 Å². The van der Waals surface area contributed by atoms with Crippen molar-refractivity contribution in [3.63, 3.8) is 0 Å². The van der Waals surface area contributed by atoms with Gasteiger partial charge in [-0.15, -0.1) is 0 Å². The Balaban J connectivity index is 1.76. The first-order valence-corrected chi connectivity index (χ1v) is 10.6. The Morgan fingerprint density at radius 2 is 0.955 bits per heavy atom. The molecule has 1 saturated heterocycles. The van der Waals surface area contributed by atoms with E-state index in [1.165, 1.54) is 127 Å². The van der Waals surface area contributed by atoms with Crippen molar-refractivity contribution >= 4 is 0 Å². The molecule has 0 aromatic carbocycles. The molecule has 1 aliphatic heterocycles. The minimum Gasteiger partial charge on any atom is -0.326 e. The molecule has 1 rings (SSSR count). The Morgan fingerprint density at radius 1 is 0.545 bits per heavy atom. The Kier molecular flexibility index (Phi) is 12.2. The van der Waals surface area contributed by atoms with Crippen molar-refractivity contribution in [3.8, 4) is 0 Å². The van der Waals surface area contributed by atoms with E-state index in [4.69, 9.17) is 0 Å². The highest BCUT2D eigenvalue weighted by Crippen LogP contribution is 2.18. The van der Waals surface area contributed by atoms with Crippen molar-refractivity contribution < 1.29 is 4.48 Å². The highest BCUT2D eigenvalue weighted by Gasteiger charge is 2.23. The Hall–Kier alpha value is -0.0400. The highest BCUT2D eigenvalue weighted by molar-refractivity contribution is 4.53. The van der Waals surface area contributed by atoms with Gasteiger partial charge in [-0.3, -0.25) is 0 Å². The zero-order valence-corrected chi connectivity index (χ0v) is 15.9. The number of nitrogens with zero attached hydrogens (tertiary/aromatic N) is 1. The van der Waals surface area contributed by atoms with E-state index in [9.17, 15) is 0 Å². The summed E-state index contributed by atoms with van der Waals surface area (Å²) in [5.41, 5.74) is 0. The van der Waals surface area contributed by atoms with Crippen LogP contribution in [0.5, 0.6) is 0 Å². The fraction of sp³-hybridized carbons (Fsp3) is 1.00. The van der Waals surface area contributed by atoms with Gasteiger partial charge in [0.1, 0.15) is 0 Å². The summed E-state index contributed by atoms with van der Waals surface area (Å²) in [6, 6.07) is 0. The van der Waals surface area contributed by atoms with Gasteiger partial charge < -0.3 is 4.48 Å². The van der Waals surface area contributed by atoms with Crippen molar-refractivity contribution in [1.82, 2.24) is 0 Å². The van der Waals surface area contributed by atoms with E-state index in [0.29, 0.717) is 0 Å². The topological polar surface area (TPSA) is 0 Å². The van der Waals surface area contributed by atoms with Crippen molar-refractivity contribution in [1.29, 1.82) is 0 Å². The van der Waals surface area contributed by atoms with Gasteiger partial charge in [-0.25, -0.2) is 0 Å². The molecule has 0 radical (unpaired) electrons. The van der Waals surface area contributed by atoms with E-state index in [0.717, 1.165) is 0 Å². The maximum atomic E-state index is 2.49. The molecule has 1 heteroatoms. The summed E-state index contributed by atoms with van der Waals surface area (Å²) in [5.74, 6) is 0. The first-order chi connectivity index (χ1) is 10.8. The van der Waals surface area contributed by atoms with Crippen LogP contribution >= 0.6 is 0 Å². The van der Waals surface area contributed by atoms with Gasteiger partial charge in [-0.05, 0) is 32.1 Å². The Bertz CT molecular complexity index is 230. The lowest BCUT2D eigenvalue weighted by atomic mass is 10.0. The van der Waals surface area contributed by atoms with Gasteiger partial charge in [0.15, 0.2) is 0 Å². The van der Waals surface area contributed by atoms with E-state index >= 15 is 0 Å². The Labute approximate surface area is 141 Å². The van der Waals surface area contributed by atoms with Crippen LogP contribution in [0.25, 0.3) is 0 Å². The van der Waals surface area contributed by atoms with Crippen LogP contribution in [0.1, 0.15) is 110 Å². The molecule has 0 bridgehead atoms. The average Bonchev–Trinajstić information content (AvgIpc) is 2.52. The van der Waals surface area contributed by atoms with E-state index in [-0.39, 0.29) is 0 Å². The van der Waals surface area contributed by atoms with E-state index in [1.54, 1.807) is 0 Å². The minimum atomic E-state index is 1.37. The van der Waals surface area contributed by atoms with Crippen LogP contribution in [-0.4, -0.2) is 31.2 Å². The molecular formula is C21H44N+. The molecule has 22 heavy (non-hydrogen) atoms. The molecule has 1 fully saturated rings. The molecule has 0 amide bonds. The van der Waals surface area contributed by atoms with Crippen LogP contribution in [0.2, 0.25) is 0 Å². The smallest absolute Gasteiger partial charge is 0.0784 e. The molecule has 1 nitrogen and oxygen atoms in total. The second kappa shape index (κ2) is 13.4. The molecule has 0 aliphatic carbocycles. The zero-order valence-electron chi connectivity index (χ0n) is 15.9. The maximum absolute atomic E-state index is 2.49. The third-order valence-electron chi connectivity index (χ3n) is 5.70. The van der Waals surface area contributed by atoms with Crippen LogP contribution in [-0.2, 0) is 0 Å². The number of likely N-dealkylation sites (tertiary alicyclic amines) is 1. The quantitative estimate of drug-likeness (QED) is 0.247. The third kappa shape index (κ3) is 10.6. The number of hydrogen-bond donors (Lipinski definition) is 0. The summed E-state index contributed by atoms with van der Waals surface area (Å²) in [5, 5.41) is 0. The van der Waals surface area contributed by atoms with Crippen molar-refractivity contribution in [2.45, 2.75) is 110 Å². The summed E-state index contributed by atoms with van der Waals surface area (Å²) in [4.78, 5) is 0. The number of rotatable bonds is 14. The molecule has 0 atom stereocenters. The largest absolute Gasteiger partial charge is 0.326 e. The standard InChI is InChI=1S/C21H44N/c1-3-4-5-6-7-8-9-10-11-12-13-14-16-19-22(2)20-17-15-18-21-22/h3-21H2,1-2H3/q+1. The SMILES string of the molecule is CCCCCCCCCCCCCCC[N+]1(C)CCCCC1. The van der Waals surface area contributed by atoms with Crippen LogP contribution in [0.3, 0.4) is 0 Å². The van der Waals surface area contributed by atoms with Gasteiger partial charge >= 0.3 is 0 Å². The van der Waals surface area contributed by atoms with Gasteiger partial charge in [-0.2, -0.15) is 0 Å². The second-order valence-electron chi connectivity index (χ2n) is 8.09. The molecule has 0 aromatic rings. The van der Waals surface area contributed by atoms with Crippen LogP contribution < -0.4 is 0 Å². The molecule has 0 N–H and O–H groups in total. The molecule has 0 spiro atoms. The molecule has 0 aromatic heterocycles. The highest BCUT2D eigenvalue weighted by atomic mass is 15.3. The number of unbranched alkanes of at least 4 members (excludes halogenated alkanes) is 12. The summed E-state index contributed by atoms with van der Waals surface area (Å²) >= 11 is 0. The number of piperidine rings is 1. The normalized spacial score (nSPS) is 17.7. The summed E-state index contributed by atoms with van der Waals surface area (Å²) in [6.45, 7) is 6.63. The maximum Gasteiger partial charge on any atom is 0.0784 e. The lowest BCUT2D eigenvalue weighted by molar-refractivity contribution is -0.914. The molecule has 1 aliphatic rings. The van der Waals surface area contributed by atoms with Gasteiger partial charge in [0.25, 0.3) is 0 Å². The van der Waals surface area contributed by atoms with Crippen molar-refractivity contribution in [2.75, 3.05) is 26.7 Å². The fourth-order valence-electron chi connectivity index (χ4n) is 4.01. The van der Waals surface area contributed by atoms with Crippen LogP contribution in [0, 0.1) is 0 Å². The number of hydrogen-bond acceptors (Lipinski definition) is 0. The van der Waals surface area contributed by atoms with E-state index < -0.39 is 0 Å². The van der Waals surface area contributed by atoms with Gasteiger partial charge in [0.05, 0.1) is 26.7 Å². The first-order valence-electron chi connectivity index (χ1n) is 10.6. The summed E-state index contributed by atoms with van der Waals surface area (Å²) in [7, 11) is 2.49. The van der Waals surface area contributed by atoms with Gasteiger partial charge in [-0.1, -0.05) is 77.6 Å². The zero-order chi connectivity index (χ0) is 15.9. The monoisotopic (exact) mass is 310 g/mol. The first kappa shape index (κ1) is 20.0. The molecule has 1 heterocycles. The lowest BCUT2D eigenvalue weighted by Gasteiger charge is -2.37. The van der Waals surface area contributed by atoms with Crippen LogP contribution in [0.4, 0.5) is 0 Å². The summed E-state index contributed by atoms with van der Waals surface area (Å²) < 4.78 is 1.37. The van der Waals surface area contributed by atoms with Crippen LogP contribution in [0.15, 0.2) is 0 Å². The lowest BCUT2D eigenvalue weighted by Crippen LogP contribution is -2.48. The van der Waals surface area contributed by atoms with E-state index in [2.05, 4.69) is 14.0 Å². The predicted octanol–water partition coefficient (Wildman–Crippen LogP) is 6.71. The minimum absolute atomic E-state index is 1.37. The van der Waals surface area contributed by atoms with Crippen molar-refractivity contribution in [2.24, 2.45) is 0 Å². The second-order valence-corrected chi connectivity index (χ2v) is 8.09. The fourth-order valence-corrected chi connectivity index (χ4v) is 4.01. The third-order valence-corrected chi connectivity index (χ3v) is 5.70. The molecule has 0 unspecified atom stereocenters. The predicted molar refractivity (Wildman–Crippen MR) is 100 cm³/mol. The van der Waals surface area contributed by atoms with Crippen molar-refractivity contribution in [3.05, 3.63) is 0 Å². The molecular weight excluding hydrogens is 266 g/mol.